The Kier molecular flexibility index (Phi) is 4.16. The first-order valence-corrected chi connectivity index (χ1v) is 7.50. The van der Waals surface area contributed by atoms with Gasteiger partial charge in [0.2, 0.25) is 0 Å². The molecule has 16 heavy (non-hydrogen) atoms. The van der Waals surface area contributed by atoms with Gasteiger partial charge in [-0.15, -0.1) is 0 Å². The van der Waals surface area contributed by atoms with Crippen LogP contribution in [0.1, 0.15) is 11.1 Å². The molecular weight excluding hydrogens is 288 g/mol. The molecule has 88 valence electrons. The van der Waals surface area contributed by atoms with Crippen molar-refractivity contribution in [2.45, 2.75) is 18.9 Å². The highest BCUT2D eigenvalue weighted by molar-refractivity contribution is 9.10. The van der Waals surface area contributed by atoms with E-state index in [1.54, 1.807) is 11.8 Å². The van der Waals surface area contributed by atoms with Crippen molar-refractivity contribution in [2.75, 3.05) is 18.6 Å². The number of rotatable bonds is 4. The molecule has 4 heteroatoms. The molecule has 0 radical (unpaired) electrons. The number of aliphatic hydroxyl groups excluding tert-OH is 1. The van der Waals surface area contributed by atoms with E-state index in [0.717, 1.165) is 34.6 Å². The van der Waals surface area contributed by atoms with Gasteiger partial charge in [-0.25, -0.2) is 0 Å². The molecule has 0 bridgehead atoms. The number of benzene rings is 1. The highest BCUT2D eigenvalue weighted by Crippen LogP contribution is 2.33. The topological polar surface area (TPSA) is 29.5 Å². The second-order valence-corrected chi connectivity index (χ2v) is 5.79. The lowest BCUT2D eigenvalue weighted by atomic mass is 10.0. The Labute approximate surface area is 109 Å². The van der Waals surface area contributed by atoms with Crippen molar-refractivity contribution in [3.63, 3.8) is 0 Å². The van der Waals surface area contributed by atoms with E-state index in [1.807, 2.05) is 12.3 Å². The molecule has 0 aromatic heterocycles. The molecule has 0 aliphatic carbocycles. The fraction of sp³-hybridized carbons (Fsp3) is 0.500. The highest BCUT2D eigenvalue weighted by Gasteiger charge is 2.19. The van der Waals surface area contributed by atoms with E-state index in [4.69, 9.17) is 4.74 Å². The second kappa shape index (κ2) is 5.43. The molecular formula is C12H15BrO2S. The Bertz CT molecular complexity index is 382. The molecule has 1 aromatic rings. The molecule has 1 atom stereocenters. The summed E-state index contributed by atoms with van der Waals surface area (Å²) in [4.78, 5) is 0. The molecule has 1 N–H and O–H groups in total. The number of ether oxygens (including phenoxy) is 1. The Morgan fingerprint density at radius 2 is 2.38 bits per heavy atom. The summed E-state index contributed by atoms with van der Waals surface area (Å²) >= 11 is 5.17. The molecule has 1 aliphatic rings. The summed E-state index contributed by atoms with van der Waals surface area (Å²) in [5.74, 6) is 1.75. The predicted molar refractivity (Wildman–Crippen MR) is 71.4 cm³/mol. The van der Waals surface area contributed by atoms with Crippen LogP contribution < -0.4 is 4.74 Å². The average molecular weight is 303 g/mol. The zero-order chi connectivity index (χ0) is 11.5. The first-order valence-electron chi connectivity index (χ1n) is 5.32. The van der Waals surface area contributed by atoms with Crippen LogP contribution in [0.3, 0.4) is 0 Å². The SMILES string of the molecule is CSCC(O)Cc1cc(Br)cc2c1OCC2. The summed E-state index contributed by atoms with van der Waals surface area (Å²) in [7, 11) is 0. The Balaban J connectivity index is 2.20. The van der Waals surface area contributed by atoms with Crippen LogP contribution in [0.25, 0.3) is 0 Å². The Hall–Kier alpha value is -0.190. The third-order valence-corrected chi connectivity index (χ3v) is 3.82. The van der Waals surface area contributed by atoms with Gasteiger partial charge in [0.1, 0.15) is 5.75 Å². The number of aliphatic hydroxyl groups is 1. The molecule has 0 amide bonds. The lowest BCUT2D eigenvalue weighted by Gasteiger charge is -2.12. The summed E-state index contributed by atoms with van der Waals surface area (Å²) in [5.41, 5.74) is 2.36. The van der Waals surface area contributed by atoms with E-state index in [0.29, 0.717) is 6.42 Å². The van der Waals surface area contributed by atoms with E-state index >= 15 is 0 Å². The van der Waals surface area contributed by atoms with Gasteiger partial charge in [-0.05, 0) is 29.5 Å². The number of hydrogen-bond acceptors (Lipinski definition) is 3. The number of fused-ring (bicyclic) bond motifs is 1. The quantitative estimate of drug-likeness (QED) is 0.927. The number of hydrogen-bond donors (Lipinski definition) is 1. The van der Waals surface area contributed by atoms with Gasteiger partial charge < -0.3 is 9.84 Å². The Morgan fingerprint density at radius 1 is 1.56 bits per heavy atom. The molecule has 2 rings (SSSR count). The molecule has 0 fully saturated rings. The monoisotopic (exact) mass is 302 g/mol. The van der Waals surface area contributed by atoms with Crippen molar-refractivity contribution in [2.24, 2.45) is 0 Å². The van der Waals surface area contributed by atoms with Crippen molar-refractivity contribution in [1.29, 1.82) is 0 Å². The van der Waals surface area contributed by atoms with Crippen LogP contribution in [0.5, 0.6) is 5.75 Å². The highest BCUT2D eigenvalue weighted by atomic mass is 79.9. The summed E-state index contributed by atoms with van der Waals surface area (Å²) in [6, 6.07) is 4.15. The third kappa shape index (κ3) is 2.73. The fourth-order valence-electron chi connectivity index (χ4n) is 2.00. The summed E-state index contributed by atoms with van der Waals surface area (Å²) in [5, 5.41) is 9.83. The molecule has 1 unspecified atom stereocenters. The van der Waals surface area contributed by atoms with Crippen LogP contribution in [-0.2, 0) is 12.8 Å². The summed E-state index contributed by atoms with van der Waals surface area (Å²) in [6.45, 7) is 0.761. The summed E-state index contributed by atoms with van der Waals surface area (Å²) < 4.78 is 6.70. The van der Waals surface area contributed by atoms with Gasteiger partial charge in [-0.2, -0.15) is 11.8 Å². The van der Waals surface area contributed by atoms with Crippen LogP contribution in [-0.4, -0.2) is 29.8 Å². The van der Waals surface area contributed by atoms with Crippen LogP contribution >= 0.6 is 27.7 Å². The van der Waals surface area contributed by atoms with Crippen LogP contribution in [0.2, 0.25) is 0 Å². The largest absolute Gasteiger partial charge is 0.493 e. The maximum atomic E-state index is 9.83. The predicted octanol–water partition coefficient (Wildman–Crippen LogP) is 2.65. The van der Waals surface area contributed by atoms with Crippen LogP contribution in [0, 0.1) is 0 Å². The lowest BCUT2D eigenvalue weighted by molar-refractivity contribution is 0.198. The molecule has 1 aromatic carbocycles. The first kappa shape index (κ1) is 12.3. The van der Waals surface area contributed by atoms with Crippen molar-refractivity contribution in [3.05, 3.63) is 27.7 Å². The molecule has 0 saturated carbocycles. The Morgan fingerprint density at radius 3 is 3.12 bits per heavy atom. The van der Waals surface area contributed by atoms with E-state index in [9.17, 15) is 5.11 Å². The zero-order valence-corrected chi connectivity index (χ0v) is 11.6. The molecule has 0 saturated heterocycles. The van der Waals surface area contributed by atoms with Gasteiger partial charge in [0.05, 0.1) is 12.7 Å². The fourth-order valence-corrected chi connectivity index (χ4v) is 3.06. The average Bonchev–Trinajstić information content (AvgIpc) is 2.65. The minimum absolute atomic E-state index is 0.294. The molecule has 1 aliphatic heterocycles. The van der Waals surface area contributed by atoms with Gasteiger partial charge in [-0.3, -0.25) is 0 Å². The van der Waals surface area contributed by atoms with Gasteiger partial charge in [0.15, 0.2) is 0 Å². The summed E-state index contributed by atoms with van der Waals surface area (Å²) in [6.07, 6.45) is 3.35. The van der Waals surface area contributed by atoms with Crippen molar-refractivity contribution < 1.29 is 9.84 Å². The molecule has 2 nitrogen and oxygen atoms in total. The normalized spacial score (nSPS) is 15.7. The minimum Gasteiger partial charge on any atom is -0.493 e. The number of thioether (sulfide) groups is 1. The van der Waals surface area contributed by atoms with E-state index in [-0.39, 0.29) is 6.10 Å². The molecule has 1 heterocycles. The zero-order valence-electron chi connectivity index (χ0n) is 9.20. The lowest BCUT2D eigenvalue weighted by Crippen LogP contribution is -2.13. The first-order chi connectivity index (χ1) is 7.70. The van der Waals surface area contributed by atoms with Crippen molar-refractivity contribution in [1.82, 2.24) is 0 Å². The van der Waals surface area contributed by atoms with Crippen LogP contribution in [0.4, 0.5) is 0 Å². The van der Waals surface area contributed by atoms with Crippen molar-refractivity contribution in [3.8, 4) is 5.75 Å². The van der Waals surface area contributed by atoms with E-state index in [1.165, 1.54) is 5.56 Å². The maximum absolute atomic E-state index is 9.83. The minimum atomic E-state index is -0.294. The smallest absolute Gasteiger partial charge is 0.125 e. The van der Waals surface area contributed by atoms with Gasteiger partial charge >= 0.3 is 0 Å². The van der Waals surface area contributed by atoms with Gasteiger partial charge in [0.25, 0.3) is 0 Å². The molecule has 0 spiro atoms. The maximum Gasteiger partial charge on any atom is 0.125 e. The standard InChI is InChI=1S/C12H15BrO2S/c1-16-7-11(14)6-9-5-10(13)4-8-2-3-15-12(8)9/h4-5,11,14H,2-3,6-7H2,1H3. The number of halogens is 1. The van der Waals surface area contributed by atoms with Gasteiger partial charge in [-0.1, -0.05) is 15.9 Å². The third-order valence-electron chi connectivity index (χ3n) is 2.64. The van der Waals surface area contributed by atoms with Crippen molar-refractivity contribution >= 4 is 27.7 Å². The van der Waals surface area contributed by atoms with E-state index < -0.39 is 0 Å². The van der Waals surface area contributed by atoms with Gasteiger partial charge in [0, 0.05) is 23.1 Å². The second-order valence-electron chi connectivity index (χ2n) is 3.96. The van der Waals surface area contributed by atoms with E-state index in [2.05, 4.69) is 22.0 Å². The van der Waals surface area contributed by atoms with Crippen LogP contribution in [0.15, 0.2) is 16.6 Å².